The topological polar surface area (TPSA) is 33.4 Å². The number of phenolic OH excluding ortho intramolecular Hbond substituents is 1. The molecule has 6 aromatic rings. The molecule has 1 heterocycles. The zero-order chi connectivity index (χ0) is 24.3. The third kappa shape index (κ3) is 4.27. The van der Waals surface area contributed by atoms with Gasteiger partial charge in [0.1, 0.15) is 11.3 Å². The third-order valence-electron chi connectivity index (χ3n) is 6.25. The van der Waals surface area contributed by atoms with Crippen LogP contribution in [0.5, 0.6) is 5.75 Å². The van der Waals surface area contributed by atoms with Crippen LogP contribution in [0.25, 0.3) is 44.5 Å². The fourth-order valence-corrected chi connectivity index (χ4v) is 4.37. The lowest BCUT2D eigenvalue weighted by Crippen LogP contribution is -1.83. The molecule has 0 atom stereocenters. The lowest BCUT2D eigenvalue weighted by atomic mass is 10.0. The molecule has 1 N–H and O–H groups in total. The van der Waals surface area contributed by atoms with Gasteiger partial charge in [0.2, 0.25) is 0 Å². The Morgan fingerprint density at radius 1 is 0.500 bits per heavy atom. The molecule has 0 aliphatic heterocycles. The minimum absolute atomic E-state index is 0.185. The van der Waals surface area contributed by atoms with Gasteiger partial charge >= 0.3 is 0 Å². The van der Waals surface area contributed by atoms with Crippen LogP contribution in [-0.4, -0.2) is 5.11 Å². The van der Waals surface area contributed by atoms with Crippen molar-refractivity contribution >= 4 is 11.0 Å². The Morgan fingerprint density at radius 3 is 1.64 bits per heavy atom. The Labute approximate surface area is 210 Å². The van der Waals surface area contributed by atoms with Crippen molar-refractivity contribution < 1.29 is 9.52 Å². The molecule has 0 radical (unpaired) electrons. The molecule has 2 heteroatoms. The minimum Gasteiger partial charge on any atom is -0.508 e. The van der Waals surface area contributed by atoms with E-state index >= 15 is 0 Å². The van der Waals surface area contributed by atoms with Crippen molar-refractivity contribution in [2.24, 2.45) is 0 Å². The molecule has 0 aliphatic carbocycles. The van der Waals surface area contributed by atoms with Crippen LogP contribution in [0.1, 0.15) is 11.1 Å². The van der Waals surface area contributed by atoms with Crippen molar-refractivity contribution in [2.75, 3.05) is 0 Å². The average molecular weight is 463 g/mol. The van der Waals surface area contributed by atoms with Gasteiger partial charge in [-0.15, -0.1) is 0 Å². The number of hydrogen-bond donors (Lipinski definition) is 1. The molecule has 6 rings (SSSR count). The molecule has 0 aliphatic rings. The van der Waals surface area contributed by atoms with E-state index in [1.165, 1.54) is 5.56 Å². The first-order chi connectivity index (χ1) is 17.7. The van der Waals surface area contributed by atoms with Crippen molar-refractivity contribution in [3.8, 4) is 51.2 Å². The Hall–Kier alpha value is -5.00. The molecule has 2 nitrogen and oxygen atoms in total. The maximum absolute atomic E-state index is 10.1. The first-order valence-electron chi connectivity index (χ1n) is 11.8. The van der Waals surface area contributed by atoms with E-state index in [-0.39, 0.29) is 5.75 Å². The van der Waals surface area contributed by atoms with E-state index in [0.717, 1.165) is 38.8 Å². The van der Waals surface area contributed by atoms with Gasteiger partial charge in [-0.05, 0) is 52.6 Å². The summed E-state index contributed by atoms with van der Waals surface area (Å²) in [6.07, 6.45) is 0. The number of rotatable bonds is 3. The predicted molar refractivity (Wildman–Crippen MR) is 147 cm³/mol. The van der Waals surface area contributed by atoms with Gasteiger partial charge in [-0.1, -0.05) is 109 Å². The molecule has 0 bridgehead atoms. The van der Waals surface area contributed by atoms with E-state index in [2.05, 4.69) is 72.5 Å². The summed E-state index contributed by atoms with van der Waals surface area (Å²) in [6.45, 7) is 0. The van der Waals surface area contributed by atoms with Gasteiger partial charge in [0.05, 0.1) is 5.56 Å². The molecule has 0 spiro atoms. The Kier molecular flexibility index (Phi) is 5.58. The van der Waals surface area contributed by atoms with Crippen molar-refractivity contribution in [3.05, 3.63) is 139 Å². The molecule has 0 unspecified atom stereocenters. The minimum atomic E-state index is 0.185. The number of fused-ring (bicyclic) bond motifs is 1. The summed E-state index contributed by atoms with van der Waals surface area (Å²) in [5, 5.41) is 10.9. The number of aromatic hydroxyl groups is 1. The highest BCUT2D eigenvalue weighted by Crippen LogP contribution is 2.35. The largest absolute Gasteiger partial charge is 0.508 e. The van der Waals surface area contributed by atoms with E-state index in [1.54, 1.807) is 18.2 Å². The number of hydrogen-bond acceptors (Lipinski definition) is 2. The van der Waals surface area contributed by atoms with Crippen LogP contribution in [-0.2, 0) is 0 Å². The maximum Gasteiger partial charge on any atom is 0.151 e. The first-order valence-corrected chi connectivity index (χ1v) is 11.8. The van der Waals surface area contributed by atoms with Crippen LogP contribution in [0.3, 0.4) is 0 Å². The van der Waals surface area contributed by atoms with E-state index in [1.807, 2.05) is 48.5 Å². The Morgan fingerprint density at radius 2 is 1.03 bits per heavy atom. The van der Waals surface area contributed by atoms with E-state index in [0.29, 0.717) is 11.3 Å². The van der Waals surface area contributed by atoms with Gasteiger partial charge in [-0.2, -0.15) is 0 Å². The monoisotopic (exact) mass is 462 g/mol. The number of benzene rings is 5. The zero-order valence-corrected chi connectivity index (χ0v) is 19.5. The summed E-state index contributed by atoms with van der Waals surface area (Å²) in [5.41, 5.74) is 7.94. The molecule has 1 aromatic heterocycles. The van der Waals surface area contributed by atoms with Gasteiger partial charge in [0.15, 0.2) is 5.76 Å². The highest BCUT2D eigenvalue weighted by atomic mass is 16.3. The van der Waals surface area contributed by atoms with E-state index in [9.17, 15) is 5.11 Å². The normalized spacial score (nSPS) is 10.7. The standard InChI is InChI=1S/C34H22O2/c35-30-20-22-33-32(23-30)31(21-13-24-11-14-27(15-12-24)25-7-3-1-4-8-25)34(36-33)29-18-16-28(17-19-29)26-9-5-2-6-10-26/h1-12,14-20,22-23,35H. The molecular formula is C34H22O2. The zero-order valence-electron chi connectivity index (χ0n) is 19.5. The molecule has 170 valence electrons. The highest BCUT2D eigenvalue weighted by molar-refractivity contribution is 5.92. The molecule has 0 fully saturated rings. The van der Waals surface area contributed by atoms with Crippen molar-refractivity contribution in [1.29, 1.82) is 0 Å². The van der Waals surface area contributed by atoms with Crippen LogP contribution in [0.2, 0.25) is 0 Å². The van der Waals surface area contributed by atoms with Gasteiger partial charge in [0, 0.05) is 16.5 Å². The van der Waals surface area contributed by atoms with Crippen molar-refractivity contribution in [1.82, 2.24) is 0 Å². The first kappa shape index (κ1) is 21.5. The van der Waals surface area contributed by atoms with E-state index in [4.69, 9.17) is 4.42 Å². The second-order valence-corrected chi connectivity index (χ2v) is 8.62. The average Bonchev–Trinajstić information content (AvgIpc) is 3.31. The summed E-state index contributed by atoms with van der Waals surface area (Å²) in [6, 6.07) is 42.2. The van der Waals surface area contributed by atoms with Gasteiger partial charge in [-0.25, -0.2) is 0 Å². The van der Waals surface area contributed by atoms with Gasteiger partial charge < -0.3 is 9.52 Å². The maximum atomic E-state index is 10.1. The van der Waals surface area contributed by atoms with Gasteiger partial charge in [-0.3, -0.25) is 0 Å². The van der Waals surface area contributed by atoms with Crippen LogP contribution in [0.4, 0.5) is 0 Å². The molecule has 0 saturated carbocycles. The van der Waals surface area contributed by atoms with Crippen LogP contribution >= 0.6 is 0 Å². The Bertz CT molecular complexity index is 1700. The summed E-state index contributed by atoms with van der Waals surface area (Å²) in [7, 11) is 0. The smallest absolute Gasteiger partial charge is 0.151 e. The quantitative estimate of drug-likeness (QED) is 0.267. The second-order valence-electron chi connectivity index (χ2n) is 8.62. The van der Waals surface area contributed by atoms with Crippen molar-refractivity contribution in [3.63, 3.8) is 0 Å². The molecular weight excluding hydrogens is 440 g/mol. The summed E-state index contributed by atoms with van der Waals surface area (Å²) in [5.74, 6) is 7.50. The third-order valence-corrected chi connectivity index (χ3v) is 6.25. The summed E-state index contributed by atoms with van der Waals surface area (Å²) in [4.78, 5) is 0. The summed E-state index contributed by atoms with van der Waals surface area (Å²) < 4.78 is 6.24. The van der Waals surface area contributed by atoms with E-state index < -0.39 is 0 Å². The molecule has 0 amide bonds. The van der Waals surface area contributed by atoms with Gasteiger partial charge in [0.25, 0.3) is 0 Å². The van der Waals surface area contributed by atoms with Crippen LogP contribution in [0.15, 0.2) is 132 Å². The lowest BCUT2D eigenvalue weighted by Gasteiger charge is -2.03. The second kappa shape index (κ2) is 9.33. The molecule has 0 saturated heterocycles. The fourth-order valence-electron chi connectivity index (χ4n) is 4.37. The van der Waals surface area contributed by atoms with Crippen LogP contribution < -0.4 is 0 Å². The van der Waals surface area contributed by atoms with Crippen molar-refractivity contribution in [2.45, 2.75) is 0 Å². The van der Waals surface area contributed by atoms with Crippen LogP contribution in [0, 0.1) is 11.8 Å². The summed E-state index contributed by atoms with van der Waals surface area (Å²) >= 11 is 0. The fraction of sp³-hybridized carbons (Fsp3) is 0. The SMILES string of the molecule is Oc1ccc2oc(-c3ccc(-c4ccccc4)cc3)c(C#Cc3ccc(-c4ccccc4)cc3)c2c1. The molecule has 5 aromatic carbocycles. The lowest BCUT2D eigenvalue weighted by molar-refractivity contribution is 0.476. The number of furan rings is 1. The highest BCUT2D eigenvalue weighted by Gasteiger charge is 2.15. The Balaban J connectivity index is 1.39. The predicted octanol–water partition coefficient (Wildman–Crippen LogP) is 8.54. The molecule has 36 heavy (non-hydrogen) atoms. The number of phenols is 1.